The van der Waals surface area contributed by atoms with Crippen molar-refractivity contribution in [2.45, 2.75) is 0 Å². The van der Waals surface area contributed by atoms with Gasteiger partial charge in [-0.2, -0.15) is 0 Å². The van der Waals surface area contributed by atoms with E-state index in [9.17, 15) is 9.59 Å². The first-order valence-corrected chi connectivity index (χ1v) is 9.77. The maximum absolute atomic E-state index is 13.3. The van der Waals surface area contributed by atoms with Gasteiger partial charge in [-0.3, -0.25) is 9.69 Å². The van der Waals surface area contributed by atoms with E-state index >= 15 is 0 Å². The second-order valence-corrected chi connectivity index (χ2v) is 6.96. The minimum absolute atomic E-state index is 0.173. The fourth-order valence-corrected chi connectivity index (χ4v) is 3.30. The van der Waals surface area contributed by atoms with Crippen LogP contribution in [0.1, 0.15) is 21.5 Å². The van der Waals surface area contributed by atoms with Crippen LogP contribution in [0.5, 0.6) is 11.5 Å². The number of carboxylic acid groups (broad SMARTS) is 1. The van der Waals surface area contributed by atoms with E-state index in [0.29, 0.717) is 28.6 Å². The third kappa shape index (κ3) is 4.09. The number of rotatable bonds is 6. The lowest BCUT2D eigenvalue weighted by molar-refractivity contribution is -0.113. The van der Waals surface area contributed by atoms with Crippen molar-refractivity contribution in [1.29, 1.82) is 0 Å². The molecule has 4 rings (SSSR count). The Balaban J connectivity index is 1.76. The van der Waals surface area contributed by atoms with Crippen molar-refractivity contribution in [1.82, 2.24) is 0 Å². The predicted molar refractivity (Wildman–Crippen MR) is 121 cm³/mol. The Morgan fingerprint density at radius 2 is 1.44 bits per heavy atom. The second-order valence-electron chi connectivity index (χ2n) is 6.96. The van der Waals surface area contributed by atoms with Crippen LogP contribution in [0.25, 0.3) is 6.08 Å². The molecule has 0 radical (unpaired) electrons. The molecule has 0 unspecified atom stereocenters. The van der Waals surface area contributed by atoms with Gasteiger partial charge in [0, 0.05) is 5.56 Å². The molecule has 0 saturated carbocycles. The van der Waals surface area contributed by atoms with Crippen molar-refractivity contribution in [3.05, 3.63) is 95.2 Å². The van der Waals surface area contributed by atoms with Crippen LogP contribution in [-0.4, -0.2) is 37.0 Å². The maximum Gasteiger partial charge on any atom is 0.335 e. The van der Waals surface area contributed by atoms with Crippen molar-refractivity contribution in [3.63, 3.8) is 0 Å². The van der Waals surface area contributed by atoms with Crippen LogP contribution in [0.4, 0.5) is 5.69 Å². The smallest absolute Gasteiger partial charge is 0.335 e. The number of nitrogens with zero attached hydrogens (tertiary/aromatic N) is 2. The molecule has 32 heavy (non-hydrogen) atoms. The molecule has 1 aliphatic rings. The highest BCUT2D eigenvalue weighted by Crippen LogP contribution is 2.29. The Labute approximate surface area is 184 Å². The average molecular weight is 428 g/mol. The summed E-state index contributed by atoms with van der Waals surface area (Å²) in [6.45, 7) is 0. The molecule has 3 aromatic carbocycles. The van der Waals surface area contributed by atoms with E-state index < -0.39 is 5.97 Å². The number of carboxylic acids is 1. The van der Waals surface area contributed by atoms with Gasteiger partial charge < -0.3 is 14.6 Å². The molecular weight excluding hydrogens is 408 g/mol. The Hall–Kier alpha value is -4.39. The topological polar surface area (TPSA) is 88.4 Å². The number of carbonyl (C=O) groups is 2. The first kappa shape index (κ1) is 20.9. The molecule has 0 saturated heterocycles. The summed E-state index contributed by atoms with van der Waals surface area (Å²) >= 11 is 0. The number of hydrogen-bond donors (Lipinski definition) is 1. The first-order valence-electron chi connectivity index (χ1n) is 9.77. The lowest BCUT2D eigenvalue weighted by Gasteiger charge is -2.19. The van der Waals surface area contributed by atoms with Gasteiger partial charge >= 0.3 is 5.97 Å². The van der Waals surface area contributed by atoms with Gasteiger partial charge in [0.2, 0.25) is 0 Å². The summed E-state index contributed by atoms with van der Waals surface area (Å²) in [6.07, 6.45) is 1.64. The molecule has 0 aromatic heterocycles. The predicted octanol–water partition coefficient (Wildman–Crippen LogP) is 4.24. The van der Waals surface area contributed by atoms with E-state index in [1.807, 2.05) is 12.1 Å². The molecule has 1 amide bonds. The Morgan fingerprint density at radius 1 is 0.875 bits per heavy atom. The van der Waals surface area contributed by atoms with Crippen LogP contribution in [0, 0.1) is 0 Å². The fraction of sp³-hybridized carbons (Fsp3) is 0.0800. The molecule has 7 heteroatoms. The van der Waals surface area contributed by atoms with Crippen LogP contribution >= 0.6 is 0 Å². The molecule has 3 aromatic rings. The van der Waals surface area contributed by atoms with Crippen molar-refractivity contribution < 1.29 is 24.2 Å². The number of benzene rings is 3. The number of ether oxygens (including phenoxy) is 2. The second kappa shape index (κ2) is 8.77. The number of aliphatic imine (C=N–C) groups is 1. The molecule has 0 atom stereocenters. The van der Waals surface area contributed by atoms with Crippen molar-refractivity contribution in [2.24, 2.45) is 4.99 Å². The van der Waals surface area contributed by atoms with Crippen LogP contribution in [0.3, 0.4) is 0 Å². The molecule has 0 fully saturated rings. The summed E-state index contributed by atoms with van der Waals surface area (Å²) in [7, 11) is 3.17. The number of amidine groups is 1. The van der Waals surface area contributed by atoms with Crippen LogP contribution in [0.15, 0.2) is 83.5 Å². The van der Waals surface area contributed by atoms with E-state index in [4.69, 9.17) is 14.6 Å². The van der Waals surface area contributed by atoms with E-state index in [0.717, 1.165) is 5.56 Å². The molecule has 7 nitrogen and oxygen atoms in total. The van der Waals surface area contributed by atoms with Crippen molar-refractivity contribution in [2.75, 3.05) is 19.1 Å². The molecule has 1 heterocycles. The molecule has 160 valence electrons. The van der Waals surface area contributed by atoms with E-state index in [2.05, 4.69) is 4.99 Å². The largest absolute Gasteiger partial charge is 0.497 e. The van der Waals surface area contributed by atoms with Gasteiger partial charge in [0.1, 0.15) is 23.0 Å². The Kier molecular flexibility index (Phi) is 5.72. The lowest BCUT2D eigenvalue weighted by Crippen LogP contribution is -2.32. The van der Waals surface area contributed by atoms with Gasteiger partial charge in [0.25, 0.3) is 5.91 Å². The van der Waals surface area contributed by atoms with E-state index in [1.54, 1.807) is 73.7 Å². The fourth-order valence-electron chi connectivity index (χ4n) is 3.30. The minimum atomic E-state index is -1.01. The lowest BCUT2D eigenvalue weighted by atomic mass is 10.1. The van der Waals surface area contributed by atoms with Crippen molar-refractivity contribution >= 4 is 29.5 Å². The zero-order chi connectivity index (χ0) is 22.7. The molecule has 1 aliphatic heterocycles. The van der Waals surface area contributed by atoms with E-state index in [1.165, 1.54) is 12.1 Å². The Bertz CT molecular complexity index is 1210. The average Bonchev–Trinajstić information content (AvgIpc) is 3.15. The Morgan fingerprint density at radius 3 is 1.97 bits per heavy atom. The summed E-state index contributed by atoms with van der Waals surface area (Å²) in [5.74, 6) is 0.563. The quantitative estimate of drug-likeness (QED) is 0.594. The summed E-state index contributed by atoms with van der Waals surface area (Å²) in [5.41, 5.74) is 2.49. The van der Waals surface area contributed by atoms with Crippen molar-refractivity contribution in [3.8, 4) is 11.5 Å². The summed E-state index contributed by atoms with van der Waals surface area (Å²) < 4.78 is 10.5. The summed E-state index contributed by atoms with van der Waals surface area (Å²) in [5, 5.41) is 9.08. The monoisotopic (exact) mass is 428 g/mol. The number of amides is 1. The third-order valence-electron chi connectivity index (χ3n) is 5.00. The van der Waals surface area contributed by atoms with Gasteiger partial charge in [0.05, 0.1) is 25.5 Å². The van der Waals surface area contributed by atoms with Gasteiger partial charge in [-0.25, -0.2) is 9.79 Å². The number of aromatic carboxylic acids is 1. The van der Waals surface area contributed by atoms with Gasteiger partial charge in [0.15, 0.2) is 0 Å². The third-order valence-corrected chi connectivity index (χ3v) is 5.00. The molecule has 1 N–H and O–H groups in total. The van der Waals surface area contributed by atoms with Gasteiger partial charge in [-0.15, -0.1) is 0 Å². The zero-order valence-corrected chi connectivity index (χ0v) is 17.5. The summed E-state index contributed by atoms with van der Waals surface area (Å²) in [4.78, 5) is 30.6. The number of methoxy groups -OCH3 is 2. The normalized spacial score (nSPS) is 14.4. The van der Waals surface area contributed by atoms with Gasteiger partial charge in [-0.05, 0) is 72.3 Å². The van der Waals surface area contributed by atoms with Gasteiger partial charge in [-0.1, -0.05) is 12.1 Å². The zero-order valence-electron chi connectivity index (χ0n) is 17.5. The van der Waals surface area contributed by atoms with E-state index in [-0.39, 0.29) is 17.2 Å². The first-order chi connectivity index (χ1) is 15.5. The summed E-state index contributed by atoms with van der Waals surface area (Å²) in [6, 6.07) is 20.7. The molecule has 0 spiro atoms. The maximum atomic E-state index is 13.3. The number of carbonyl (C=O) groups excluding carboxylic acids is 1. The standard InChI is InChI=1S/C25H20N2O5/c1-31-20-11-7-17(8-12-20)23-26-22(15-16-3-5-18(6-4-16)25(29)30)24(28)27(23)19-9-13-21(32-2)14-10-19/h3-15H,1-2H3,(H,29,30)/b22-15+. The molecule has 0 bridgehead atoms. The highest BCUT2D eigenvalue weighted by molar-refractivity contribution is 6.33. The number of hydrogen-bond acceptors (Lipinski definition) is 5. The van der Waals surface area contributed by atoms with Crippen LogP contribution in [-0.2, 0) is 4.79 Å². The highest BCUT2D eigenvalue weighted by Gasteiger charge is 2.32. The van der Waals surface area contributed by atoms with Crippen LogP contribution < -0.4 is 14.4 Å². The molecular formula is C25H20N2O5. The minimum Gasteiger partial charge on any atom is -0.497 e. The highest BCUT2D eigenvalue weighted by atomic mass is 16.5. The SMILES string of the molecule is COc1ccc(C2=N/C(=C/c3ccc(C(=O)O)cc3)C(=O)N2c2ccc(OC)cc2)cc1. The molecule has 0 aliphatic carbocycles. The number of anilines is 1. The van der Waals surface area contributed by atoms with Crippen LogP contribution in [0.2, 0.25) is 0 Å².